The van der Waals surface area contributed by atoms with Gasteiger partial charge in [-0.15, -0.1) is 0 Å². The summed E-state index contributed by atoms with van der Waals surface area (Å²) >= 11 is 0. The van der Waals surface area contributed by atoms with Crippen molar-refractivity contribution in [2.45, 2.75) is 12.8 Å². The van der Waals surface area contributed by atoms with E-state index in [1.165, 1.54) is 0 Å². The number of anilines is 2. The minimum atomic E-state index is -0.343. The topological polar surface area (TPSA) is 75.0 Å². The van der Waals surface area contributed by atoms with Crippen LogP contribution in [0.3, 0.4) is 0 Å². The standard InChI is InChI=1S/C22H19N3O2/c23-15-17-8-10-20(11-9-17)25-21-7-1-6-19(14-21)22(26)27-13-3-5-18-4-2-12-24-16-18/h1-2,4,6-12,14,16,25H,3,5,13H2. The molecule has 0 radical (unpaired) electrons. The van der Waals surface area contributed by atoms with E-state index in [0.717, 1.165) is 29.8 Å². The number of hydrogen-bond acceptors (Lipinski definition) is 5. The zero-order valence-electron chi connectivity index (χ0n) is 14.8. The summed E-state index contributed by atoms with van der Waals surface area (Å²) in [6.07, 6.45) is 5.13. The van der Waals surface area contributed by atoms with Crippen molar-refractivity contribution in [3.05, 3.63) is 89.7 Å². The number of carbonyl (C=O) groups excluding carboxylic acids is 1. The third-order valence-corrected chi connectivity index (χ3v) is 3.97. The molecule has 3 aromatic rings. The minimum Gasteiger partial charge on any atom is -0.462 e. The molecule has 3 rings (SSSR count). The Morgan fingerprint density at radius 2 is 1.93 bits per heavy atom. The number of carbonyl (C=O) groups is 1. The van der Waals surface area contributed by atoms with Gasteiger partial charge in [0, 0.05) is 23.8 Å². The molecule has 1 N–H and O–H groups in total. The number of nitrogens with one attached hydrogen (secondary N) is 1. The smallest absolute Gasteiger partial charge is 0.338 e. The Morgan fingerprint density at radius 1 is 1.07 bits per heavy atom. The van der Waals surface area contributed by atoms with Gasteiger partial charge in [-0.2, -0.15) is 5.26 Å². The van der Waals surface area contributed by atoms with Crippen LogP contribution in [0.4, 0.5) is 11.4 Å². The highest BCUT2D eigenvalue weighted by Crippen LogP contribution is 2.19. The lowest BCUT2D eigenvalue weighted by molar-refractivity contribution is 0.0500. The van der Waals surface area contributed by atoms with Gasteiger partial charge >= 0.3 is 5.97 Å². The number of aromatic nitrogens is 1. The Labute approximate surface area is 158 Å². The molecule has 0 atom stereocenters. The number of pyridine rings is 1. The largest absolute Gasteiger partial charge is 0.462 e. The van der Waals surface area contributed by atoms with Crippen molar-refractivity contribution in [2.24, 2.45) is 0 Å². The highest BCUT2D eigenvalue weighted by molar-refractivity contribution is 5.90. The zero-order valence-corrected chi connectivity index (χ0v) is 14.8. The van der Waals surface area contributed by atoms with Crippen molar-refractivity contribution in [1.82, 2.24) is 4.98 Å². The van der Waals surface area contributed by atoms with Gasteiger partial charge in [0.15, 0.2) is 0 Å². The minimum absolute atomic E-state index is 0.343. The molecule has 0 saturated carbocycles. The molecule has 5 heteroatoms. The Balaban J connectivity index is 1.52. The van der Waals surface area contributed by atoms with Crippen LogP contribution in [0, 0.1) is 11.3 Å². The van der Waals surface area contributed by atoms with Gasteiger partial charge in [-0.1, -0.05) is 12.1 Å². The molecule has 0 fully saturated rings. The number of benzene rings is 2. The number of nitrogens with zero attached hydrogens (tertiary/aromatic N) is 2. The lowest BCUT2D eigenvalue weighted by Crippen LogP contribution is -2.07. The zero-order chi connectivity index (χ0) is 18.9. The highest BCUT2D eigenvalue weighted by atomic mass is 16.5. The molecule has 0 aliphatic rings. The fraction of sp³-hybridized carbons (Fsp3) is 0.136. The quantitative estimate of drug-likeness (QED) is 0.498. The first-order valence-electron chi connectivity index (χ1n) is 8.68. The number of hydrogen-bond donors (Lipinski definition) is 1. The van der Waals surface area contributed by atoms with E-state index in [4.69, 9.17) is 10.00 Å². The average Bonchev–Trinajstić information content (AvgIpc) is 2.72. The van der Waals surface area contributed by atoms with Crippen molar-refractivity contribution in [2.75, 3.05) is 11.9 Å². The van der Waals surface area contributed by atoms with E-state index < -0.39 is 0 Å². The van der Waals surface area contributed by atoms with E-state index in [9.17, 15) is 4.79 Å². The Bertz CT molecular complexity index is 932. The van der Waals surface area contributed by atoms with Crippen LogP contribution >= 0.6 is 0 Å². The fourth-order valence-electron chi connectivity index (χ4n) is 2.59. The predicted octanol–water partition coefficient (Wildman–Crippen LogP) is 4.49. The number of rotatable bonds is 7. The van der Waals surface area contributed by atoms with Crippen LogP contribution in [-0.2, 0) is 11.2 Å². The molecule has 1 heterocycles. The number of esters is 1. The van der Waals surface area contributed by atoms with Crippen molar-refractivity contribution in [3.63, 3.8) is 0 Å². The first kappa shape index (κ1) is 18.2. The Hall–Kier alpha value is -3.65. The SMILES string of the molecule is N#Cc1ccc(Nc2cccc(C(=O)OCCCc3cccnc3)c2)cc1. The normalized spacial score (nSPS) is 10.0. The van der Waals surface area contributed by atoms with Crippen molar-refractivity contribution < 1.29 is 9.53 Å². The van der Waals surface area contributed by atoms with Gasteiger partial charge < -0.3 is 10.1 Å². The van der Waals surface area contributed by atoms with Crippen molar-refractivity contribution in [1.29, 1.82) is 5.26 Å². The summed E-state index contributed by atoms with van der Waals surface area (Å²) in [5.74, 6) is -0.343. The first-order valence-corrected chi connectivity index (χ1v) is 8.68. The second-order valence-corrected chi connectivity index (χ2v) is 6.00. The number of aryl methyl sites for hydroxylation is 1. The van der Waals surface area contributed by atoms with E-state index in [-0.39, 0.29) is 5.97 Å². The number of nitriles is 1. The van der Waals surface area contributed by atoms with Crippen molar-refractivity contribution >= 4 is 17.3 Å². The second-order valence-electron chi connectivity index (χ2n) is 6.00. The van der Waals surface area contributed by atoms with Crippen LogP contribution < -0.4 is 5.32 Å². The van der Waals surface area contributed by atoms with Gasteiger partial charge in [-0.3, -0.25) is 4.98 Å². The molecule has 0 aliphatic carbocycles. The summed E-state index contributed by atoms with van der Waals surface area (Å²) in [4.78, 5) is 16.3. The van der Waals surface area contributed by atoms with E-state index in [0.29, 0.717) is 17.7 Å². The molecule has 134 valence electrons. The third-order valence-electron chi connectivity index (χ3n) is 3.97. The predicted molar refractivity (Wildman–Crippen MR) is 104 cm³/mol. The van der Waals surface area contributed by atoms with Gasteiger partial charge in [-0.25, -0.2) is 4.79 Å². The summed E-state index contributed by atoms with van der Waals surface area (Å²) in [5, 5.41) is 12.1. The van der Waals surface area contributed by atoms with Crippen LogP contribution in [0.2, 0.25) is 0 Å². The molecule has 1 aromatic heterocycles. The monoisotopic (exact) mass is 357 g/mol. The molecule has 5 nitrogen and oxygen atoms in total. The van der Waals surface area contributed by atoms with Gasteiger partial charge in [0.2, 0.25) is 0 Å². The van der Waals surface area contributed by atoms with Gasteiger partial charge in [-0.05, 0) is 66.9 Å². The Morgan fingerprint density at radius 3 is 2.67 bits per heavy atom. The van der Waals surface area contributed by atoms with Crippen LogP contribution in [0.1, 0.15) is 27.9 Å². The van der Waals surface area contributed by atoms with Gasteiger partial charge in [0.1, 0.15) is 0 Å². The molecule has 0 amide bonds. The molecule has 27 heavy (non-hydrogen) atoms. The molecule has 2 aromatic carbocycles. The lowest BCUT2D eigenvalue weighted by atomic mass is 10.1. The molecule has 0 bridgehead atoms. The molecule has 0 saturated heterocycles. The molecule has 0 unspecified atom stereocenters. The van der Waals surface area contributed by atoms with Crippen LogP contribution in [0.15, 0.2) is 73.1 Å². The van der Waals surface area contributed by atoms with Crippen LogP contribution in [-0.4, -0.2) is 17.6 Å². The molecular formula is C22H19N3O2. The lowest BCUT2D eigenvalue weighted by Gasteiger charge is -2.09. The highest BCUT2D eigenvalue weighted by Gasteiger charge is 2.08. The average molecular weight is 357 g/mol. The van der Waals surface area contributed by atoms with E-state index >= 15 is 0 Å². The summed E-state index contributed by atoms with van der Waals surface area (Å²) < 4.78 is 5.36. The maximum Gasteiger partial charge on any atom is 0.338 e. The van der Waals surface area contributed by atoms with Gasteiger partial charge in [0.25, 0.3) is 0 Å². The number of ether oxygens (including phenoxy) is 1. The first-order chi connectivity index (χ1) is 13.2. The summed E-state index contributed by atoms with van der Waals surface area (Å²) in [5.41, 5.74) is 3.85. The van der Waals surface area contributed by atoms with E-state index in [1.807, 2.05) is 36.5 Å². The Kier molecular flexibility index (Phi) is 6.16. The molecule has 0 spiro atoms. The van der Waals surface area contributed by atoms with Crippen molar-refractivity contribution in [3.8, 4) is 6.07 Å². The maximum atomic E-state index is 12.2. The molecule has 0 aliphatic heterocycles. The maximum absolute atomic E-state index is 12.2. The van der Waals surface area contributed by atoms with Gasteiger partial charge in [0.05, 0.1) is 23.8 Å². The summed E-state index contributed by atoms with van der Waals surface area (Å²) in [6, 6.07) is 20.3. The fourth-order valence-corrected chi connectivity index (χ4v) is 2.59. The van der Waals surface area contributed by atoms with Crippen LogP contribution in [0.5, 0.6) is 0 Å². The third kappa shape index (κ3) is 5.41. The second kappa shape index (κ2) is 9.16. The molecular weight excluding hydrogens is 338 g/mol. The van der Waals surface area contributed by atoms with E-state index in [2.05, 4.69) is 16.4 Å². The van der Waals surface area contributed by atoms with Crippen LogP contribution in [0.25, 0.3) is 0 Å². The van der Waals surface area contributed by atoms with E-state index in [1.54, 1.807) is 36.5 Å². The summed E-state index contributed by atoms with van der Waals surface area (Å²) in [6.45, 7) is 0.362. The summed E-state index contributed by atoms with van der Waals surface area (Å²) in [7, 11) is 0.